The van der Waals surface area contributed by atoms with Crippen LogP contribution < -0.4 is 27.0 Å². The number of hydrogen-bond donors (Lipinski definition) is 5. The van der Waals surface area contributed by atoms with Gasteiger partial charge in [0.1, 0.15) is 11.0 Å². The normalized spacial score (nSPS) is 15.5. The Balaban J connectivity index is 1.67. The third kappa shape index (κ3) is 5.47. The Morgan fingerprint density at radius 3 is 2.47 bits per heavy atom. The zero-order valence-corrected chi connectivity index (χ0v) is 18.1. The van der Waals surface area contributed by atoms with Gasteiger partial charge in [0.05, 0.1) is 16.1 Å². The molecule has 0 radical (unpaired) electrons. The molecule has 30 heavy (non-hydrogen) atoms. The van der Waals surface area contributed by atoms with E-state index in [9.17, 15) is 9.00 Å². The summed E-state index contributed by atoms with van der Waals surface area (Å²) in [4.78, 5) is 12.5. The van der Waals surface area contributed by atoms with Crippen LogP contribution in [0.3, 0.4) is 0 Å². The lowest BCUT2D eigenvalue weighted by Crippen LogP contribution is -2.48. The predicted molar refractivity (Wildman–Crippen MR) is 120 cm³/mol. The highest BCUT2D eigenvalue weighted by Crippen LogP contribution is 2.29. The Morgan fingerprint density at radius 1 is 1.17 bits per heavy atom. The molecule has 0 heterocycles. The highest BCUT2D eigenvalue weighted by molar-refractivity contribution is 7.83. The number of hydrogen-bond acceptors (Lipinski definition) is 5. The van der Waals surface area contributed by atoms with E-state index in [0.29, 0.717) is 17.1 Å². The molecule has 0 aromatic heterocycles. The van der Waals surface area contributed by atoms with Gasteiger partial charge in [0.25, 0.3) is 0 Å². The van der Waals surface area contributed by atoms with E-state index in [-0.39, 0.29) is 11.8 Å². The predicted octanol–water partition coefficient (Wildman–Crippen LogP) is 2.03. The Bertz CT molecular complexity index is 952. The molecule has 7 nitrogen and oxygen atoms in total. The van der Waals surface area contributed by atoms with Gasteiger partial charge in [-0.3, -0.25) is 10.6 Å². The zero-order chi connectivity index (χ0) is 21.7. The molecule has 1 unspecified atom stereocenters. The van der Waals surface area contributed by atoms with Crippen LogP contribution in [0.5, 0.6) is 0 Å². The SMILES string of the molecule is CC(C)(NS(=O)c1ccc(-c2cccc(CNC(=O)C3CC3)c2)cc1)/C(=C/N)NN. The summed E-state index contributed by atoms with van der Waals surface area (Å²) in [6.45, 7) is 4.20. The van der Waals surface area contributed by atoms with Crippen LogP contribution in [-0.2, 0) is 22.3 Å². The Kier molecular flexibility index (Phi) is 6.91. The molecular formula is C22H29N5O2S. The number of rotatable bonds is 9. The molecule has 3 rings (SSSR count). The lowest BCUT2D eigenvalue weighted by atomic mass is 10.0. The maximum Gasteiger partial charge on any atom is 0.223 e. The molecule has 1 fully saturated rings. The average molecular weight is 428 g/mol. The number of carbonyl (C=O) groups excluding carboxylic acids is 1. The van der Waals surface area contributed by atoms with Gasteiger partial charge in [0, 0.05) is 18.7 Å². The number of hydrazine groups is 1. The fraction of sp³-hybridized carbons (Fsp3) is 0.318. The van der Waals surface area contributed by atoms with E-state index in [1.807, 2.05) is 56.3 Å². The van der Waals surface area contributed by atoms with E-state index >= 15 is 0 Å². The minimum atomic E-state index is -1.44. The summed E-state index contributed by atoms with van der Waals surface area (Å²) in [5, 5.41) is 2.99. The Labute approximate surface area is 179 Å². The van der Waals surface area contributed by atoms with Crippen molar-refractivity contribution < 1.29 is 9.00 Å². The van der Waals surface area contributed by atoms with Gasteiger partial charge in [-0.2, -0.15) is 0 Å². The molecule has 2 aromatic rings. The fourth-order valence-electron chi connectivity index (χ4n) is 3.09. The molecule has 1 aliphatic carbocycles. The molecule has 0 aliphatic heterocycles. The maximum atomic E-state index is 12.7. The molecule has 1 amide bonds. The number of amides is 1. The number of nitrogens with one attached hydrogen (secondary N) is 3. The lowest BCUT2D eigenvalue weighted by molar-refractivity contribution is -0.122. The number of nitrogens with two attached hydrogens (primary N) is 2. The van der Waals surface area contributed by atoms with Crippen molar-refractivity contribution in [2.45, 2.75) is 43.7 Å². The first-order valence-corrected chi connectivity index (χ1v) is 11.0. The minimum Gasteiger partial charge on any atom is -0.403 e. The van der Waals surface area contributed by atoms with Crippen molar-refractivity contribution in [2.24, 2.45) is 17.5 Å². The first-order valence-electron chi connectivity index (χ1n) is 9.89. The van der Waals surface area contributed by atoms with Crippen LogP contribution in [0.25, 0.3) is 11.1 Å². The molecule has 0 bridgehead atoms. The second-order valence-electron chi connectivity index (χ2n) is 7.94. The standard InChI is InChI=1S/C22H29N5O2S/c1-22(2,20(13-23)26-24)27-30(29)19-10-8-16(9-11-19)18-5-3-4-15(12-18)14-25-21(28)17-6-7-17/h3-5,8-13,17,26-27H,6-7,14,23-24H2,1-2H3,(H,25,28)/b20-13-. The van der Waals surface area contributed by atoms with E-state index in [2.05, 4.69) is 21.5 Å². The summed E-state index contributed by atoms with van der Waals surface area (Å²) >= 11 is 0. The second kappa shape index (κ2) is 9.42. The molecule has 7 N–H and O–H groups in total. The van der Waals surface area contributed by atoms with Crippen LogP contribution in [0, 0.1) is 5.92 Å². The summed E-state index contributed by atoms with van der Waals surface area (Å²) in [7, 11) is -1.44. The van der Waals surface area contributed by atoms with Crippen molar-refractivity contribution in [3.8, 4) is 11.1 Å². The summed E-state index contributed by atoms with van der Waals surface area (Å²) in [6.07, 6.45) is 3.35. The van der Waals surface area contributed by atoms with E-state index in [4.69, 9.17) is 11.6 Å². The molecular weight excluding hydrogens is 398 g/mol. The van der Waals surface area contributed by atoms with Gasteiger partial charge in [-0.05, 0) is 61.6 Å². The van der Waals surface area contributed by atoms with Crippen LogP contribution in [0.4, 0.5) is 0 Å². The first-order chi connectivity index (χ1) is 14.3. The molecule has 0 spiro atoms. The smallest absolute Gasteiger partial charge is 0.223 e. The largest absolute Gasteiger partial charge is 0.403 e. The highest BCUT2D eigenvalue weighted by atomic mass is 32.2. The molecule has 1 atom stereocenters. The van der Waals surface area contributed by atoms with E-state index in [1.165, 1.54) is 6.20 Å². The first kappa shape index (κ1) is 22.0. The van der Waals surface area contributed by atoms with Crippen molar-refractivity contribution in [1.29, 1.82) is 0 Å². The summed E-state index contributed by atoms with van der Waals surface area (Å²) in [6, 6.07) is 15.6. The maximum absolute atomic E-state index is 12.7. The van der Waals surface area contributed by atoms with Gasteiger partial charge in [-0.15, -0.1) is 0 Å². The molecule has 160 valence electrons. The van der Waals surface area contributed by atoms with Gasteiger partial charge < -0.3 is 16.5 Å². The van der Waals surface area contributed by atoms with E-state index in [0.717, 1.165) is 29.5 Å². The summed E-state index contributed by atoms with van der Waals surface area (Å²) in [5.41, 5.74) is 11.0. The van der Waals surface area contributed by atoms with Crippen LogP contribution in [0.2, 0.25) is 0 Å². The van der Waals surface area contributed by atoms with Crippen LogP contribution >= 0.6 is 0 Å². The fourth-order valence-corrected chi connectivity index (χ4v) is 4.17. The Hall–Kier alpha value is -2.68. The number of benzene rings is 2. The van der Waals surface area contributed by atoms with Crippen LogP contribution in [-0.4, -0.2) is 15.7 Å². The van der Waals surface area contributed by atoms with Crippen molar-refractivity contribution >= 4 is 16.9 Å². The summed E-state index contributed by atoms with van der Waals surface area (Å²) in [5.74, 6) is 5.82. The average Bonchev–Trinajstić information content (AvgIpc) is 3.58. The molecule has 8 heteroatoms. The summed E-state index contributed by atoms with van der Waals surface area (Å²) < 4.78 is 15.8. The van der Waals surface area contributed by atoms with E-state index < -0.39 is 16.5 Å². The van der Waals surface area contributed by atoms with Gasteiger partial charge in [-0.1, -0.05) is 30.3 Å². The molecule has 0 saturated heterocycles. The van der Waals surface area contributed by atoms with Crippen molar-refractivity contribution in [1.82, 2.24) is 15.5 Å². The number of carbonyl (C=O) groups is 1. The lowest BCUT2D eigenvalue weighted by Gasteiger charge is -2.27. The monoisotopic (exact) mass is 427 g/mol. The second-order valence-corrected chi connectivity index (χ2v) is 9.15. The highest BCUT2D eigenvalue weighted by Gasteiger charge is 2.29. The van der Waals surface area contributed by atoms with Gasteiger partial charge in [0.2, 0.25) is 5.91 Å². The topological polar surface area (TPSA) is 122 Å². The van der Waals surface area contributed by atoms with Gasteiger partial charge in [-0.25, -0.2) is 8.93 Å². The van der Waals surface area contributed by atoms with Crippen LogP contribution in [0.15, 0.2) is 65.3 Å². The van der Waals surface area contributed by atoms with Crippen molar-refractivity contribution in [2.75, 3.05) is 0 Å². The van der Waals surface area contributed by atoms with Gasteiger partial charge in [0.15, 0.2) is 0 Å². The van der Waals surface area contributed by atoms with Crippen molar-refractivity contribution in [3.05, 3.63) is 66.0 Å². The van der Waals surface area contributed by atoms with Crippen LogP contribution in [0.1, 0.15) is 32.3 Å². The minimum absolute atomic E-state index is 0.139. The van der Waals surface area contributed by atoms with Gasteiger partial charge >= 0.3 is 0 Å². The third-order valence-corrected chi connectivity index (χ3v) is 6.48. The van der Waals surface area contributed by atoms with Crippen molar-refractivity contribution in [3.63, 3.8) is 0 Å². The Morgan fingerprint density at radius 2 is 1.87 bits per heavy atom. The molecule has 2 aromatic carbocycles. The quantitative estimate of drug-likeness (QED) is 0.310. The molecule has 1 saturated carbocycles. The molecule has 1 aliphatic rings. The third-order valence-electron chi connectivity index (χ3n) is 5.09. The van der Waals surface area contributed by atoms with E-state index in [1.54, 1.807) is 0 Å². The zero-order valence-electron chi connectivity index (χ0n) is 17.3.